The highest BCUT2D eigenvalue weighted by molar-refractivity contribution is 6.04. The molecule has 1 fully saturated rings. The Labute approximate surface area is 164 Å². The fourth-order valence-corrected chi connectivity index (χ4v) is 4.33. The molecule has 2 aliphatic heterocycles. The number of hydrogen-bond acceptors (Lipinski definition) is 4. The summed E-state index contributed by atoms with van der Waals surface area (Å²) >= 11 is 0. The van der Waals surface area contributed by atoms with Gasteiger partial charge in [-0.3, -0.25) is 9.59 Å². The van der Waals surface area contributed by atoms with E-state index in [1.165, 1.54) is 0 Å². The second-order valence-electron chi connectivity index (χ2n) is 7.19. The monoisotopic (exact) mass is 380 g/mol. The largest absolute Gasteiger partial charge is 0.493 e. The molecule has 28 heavy (non-hydrogen) atoms. The van der Waals surface area contributed by atoms with E-state index in [9.17, 15) is 9.59 Å². The lowest BCUT2D eigenvalue weighted by atomic mass is 9.78. The number of nitrogens with zero attached hydrogens (tertiary/aromatic N) is 1. The number of ether oxygens (including phenoxy) is 2. The van der Waals surface area contributed by atoms with Crippen LogP contribution in [0.25, 0.3) is 0 Å². The van der Waals surface area contributed by atoms with E-state index in [0.29, 0.717) is 29.3 Å². The van der Waals surface area contributed by atoms with Crippen molar-refractivity contribution in [2.75, 3.05) is 26.1 Å². The summed E-state index contributed by atoms with van der Waals surface area (Å²) in [5.74, 6) is 0.702. The van der Waals surface area contributed by atoms with Gasteiger partial charge in [-0.25, -0.2) is 0 Å². The second-order valence-corrected chi connectivity index (χ2v) is 7.19. The number of methoxy groups -OCH3 is 2. The van der Waals surface area contributed by atoms with E-state index in [0.717, 1.165) is 24.8 Å². The summed E-state index contributed by atoms with van der Waals surface area (Å²) in [6.07, 6.45) is 2.84. The standard InChI is InChI=1S/C22H24N2O4/c1-27-18-11-10-14(13-19(18)28-2)23-21(25)20-15-7-3-4-8-16(15)22(26)24-12-6-5-9-17(20)24/h3-4,7-8,10-11,13,17,20H,5-6,9,12H2,1-2H3,(H,23,25). The van der Waals surface area contributed by atoms with Gasteiger partial charge in [0.2, 0.25) is 5.91 Å². The highest BCUT2D eigenvalue weighted by Crippen LogP contribution is 2.39. The van der Waals surface area contributed by atoms with Gasteiger partial charge in [-0.05, 0) is 43.0 Å². The summed E-state index contributed by atoms with van der Waals surface area (Å²) in [4.78, 5) is 28.1. The molecule has 4 rings (SSSR count). The van der Waals surface area contributed by atoms with Crippen LogP contribution in [0.5, 0.6) is 11.5 Å². The van der Waals surface area contributed by atoms with Gasteiger partial charge in [0.05, 0.1) is 20.1 Å². The highest BCUT2D eigenvalue weighted by Gasteiger charge is 2.43. The average Bonchev–Trinajstić information content (AvgIpc) is 2.74. The van der Waals surface area contributed by atoms with Crippen molar-refractivity contribution in [2.24, 2.45) is 0 Å². The topological polar surface area (TPSA) is 67.9 Å². The first-order chi connectivity index (χ1) is 13.6. The molecule has 2 aromatic rings. The summed E-state index contributed by atoms with van der Waals surface area (Å²) in [5, 5.41) is 3.01. The maximum atomic E-state index is 13.3. The second kappa shape index (κ2) is 7.54. The lowest BCUT2D eigenvalue weighted by Crippen LogP contribution is -2.53. The van der Waals surface area contributed by atoms with E-state index < -0.39 is 0 Å². The molecule has 2 aromatic carbocycles. The van der Waals surface area contributed by atoms with Crippen LogP contribution in [0.1, 0.15) is 41.1 Å². The number of carbonyl (C=O) groups is 2. The minimum Gasteiger partial charge on any atom is -0.493 e. The Balaban J connectivity index is 1.67. The van der Waals surface area contributed by atoms with Crippen molar-refractivity contribution in [3.63, 3.8) is 0 Å². The van der Waals surface area contributed by atoms with Gasteiger partial charge in [-0.15, -0.1) is 0 Å². The summed E-state index contributed by atoms with van der Waals surface area (Å²) in [6.45, 7) is 0.706. The van der Waals surface area contributed by atoms with E-state index in [4.69, 9.17) is 9.47 Å². The van der Waals surface area contributed by atoms with Crippen LogP contribution < -0.4 is 14.8 Å². The maximum Gasteiger partial charge on any atom is 0.254 e. The van der Waals surface area contributed by atoms with Crippen LogP contribution in [0.3, 0.4) is 0 Å². The van der Waals surface area contributed by atoms with Crippen molar-refractivity contribution in [2.45, 2.75) is 31.2 Å². The predicted octanol–water partition coefficient (Wildman–Crippen LogP) is 3.43. The molecule has 2 aliphatic rings. The normalized spacial score (nSPS) is 20.8. The molecule has 0 bridgehead atoms. The quantitative estimate of drug-likeness (QED) is 0.882. The van der Waals surface area contributed by atoms with Crippen LogP contribution in [-0.4, -0.2) is 43.5 Å². The van der Waals surface area contributed by atoms with Gasteiger partial charge in [-0.1, -0.05) is 18.2 Å². The first-order valence-electron chi connectivity index (χ1n) is 9.57. The lowest BCUT2D eigenvalue weighted by molar-refractivity contribution is -0.119. The van der Waals surface area contributed by atoms with Gasteiger partial charge in [-0.2, -0.15) is 0 Å². The van der Waals surface area contributed by atoms with E-state index in [1.54, 1.807) is 32.4 Å². The zero-order chi connectivity index (χ0) is 19.7. The number of amides is 2. The van der Waals surface area contributed by atoms with E-state index in [1.807, 2.05) is 29.2 Å². The van der Waals surface area contributed by atoms with Crippen molar-refractivity contribution in [1.29, 1.82) is 0 Å². The van der Waals surface area contributed by atoms with Crippen molar-refractivity contribution in [3.05, 3.63) is 53.6 Å². The molecular weight excluding hydrogens is 356 g/mol. The van der Waals surface area contributed by atoms with Crippen molar-refractivity contribution in [3.8, 4) is 11.5 Å². The van der Waals surface area contributed by atoms with Crippen molar-refractivity contribution in [1.82, 2.24) is 4.90 Å². The van der Waals surface area contributed by atoms with Gasteiger partial charge in [0, 0.05) is 29.9 Å². The molecule has 2 heterocycles. The van der Waals surface area contributed by atoms with Gasteiger partial charge in [0.1, 0.15) is 0 Å². The number of benzene rings is 2. The summed E-state index contributed by atoms with van der Waals surface area (Å²) in [6, 6.07) is 12.7. The van der Waals surface area contributed by atoms with Crippen LogP contribution in [0.4, 0.5) is 5.69 Å². The molecule has 1 saturated heterocycles. The molecule has 0 aliphatic carbocycles. The van der Waals surface area contributed by atoms with E-state index in [2.05, 4.69) is 5.32 Å². The molecule has 0 aromatic heterocycles. The molecule has 1 N–H and O–H groups in total. The maximum absolute atomic E-state index is 13.3. The Morgan fingerprint density at radius 2 is 1.86 bits per heavy atom. The molecule has 2 atom stereocenters. The number of anilines is 1. The first kappa shape index (κ1) is 18.3. The first-order valence-corrected chi connectivity index (χ1v) is 9.57. The fraction of sp³-hybridized carbons (Fsp3) is 0.364. The average molecular weight is 380 g/mol. The summed E-state index contributed by atoms with van der Waals surface area (Å²) in [7, 11) is 3.14. The predicted molar refractivity (Wildman–Crippen MR) is 106 cm³/mol. The highest BCUT2D eigenvalue weighted by atomic mass is 16.5. The molecule has 6 nitrogen and oxygen atoms in total. The van der Waals surface area contributed by atoms with Gasteiger partial charge < -0.3 is 19.7 Å². The molecule has 0 saturated carbocycles. The lowest BCUT2D eigenvalue weighted by Gasteiger charge is -2.44. The zero-order valence-electron chi connectivity index (χ0n) is 16.1. The van der Waals surface area contributed by atoms with E-state index in [-0.39, 0.29) is 23.8 Å². The number of hydrogen-bond donors (Lipinski definition) is 1. The van der Waals surface area contributed by atoms with Gasteiger partial charge in [0.15, 0.2) is 11.5 Å². The molecule has 2 amide bonds. The zero-order valence-corrected chi connectivity index (χ0v) is 16.1. The molecular formula is C22H24N2O4. The summed E-state index contributed by atoms with van der Waals surface area (Å²) < 4.78 is 10.6. The molecule has 0 radical (unpaired) electrons. The third-order valence-electron chi connectivity index (χ3n) is 5.65. The van der Waals surface area contributed by atoms with Crippen LogP contribution in [0.2, 0.25) is 0 Å². The Bertz CT molecular complexity index is 911. The molecule has 2 unspecified atom stereocenters. The Hall–Kier alpha value is -3.02. The van der Waals surface area contributed by atoms with Crippen LogP contribution in [0.15, 0.2) is 42.5 Å². The smallest absolute Gasteiger partial charge is 0.254 e. The van der Waals surface area contributed by atoms with Crippen LogP contribution >= 0.6 is 0 Å². The van der Waals surface area contributed by atoms with Gasteiger partial charge >= 0.3 is 0 Å². The van der Waals surface area contributed by atoms with Crippen molar-refractivity contribution >= 4 is 17.5 Å². The fourth-order valence-electron chi connectivity index (χ4n) is 4.33. The number of rotatable bonds is 4. The Kier molecular flexibility index (Phi) is 4.94. The third-order valence-corrected chi connectivity index (χ3v) is 5.65. The van der Waals surface area contributed by atoms with Gasteiger partial charge in [0.25, 0.3) is 5.91 Å². The van der Waals surface area contributed by atoms with Crippen LogP contribution in [-0.2, 0) is 4.79 Å². The van der Waals surface area contributed by atoms with Crippen LogP contribution in [0, 0.1) is 0 Å². The Morgan fingerprint density at radius 1 is 1.07 bits per heavy atom. The van der Waals surface area contributed by atoms with E-state index >= 15 is 0 Å². The summed E-state index contributed by atoms with van der Waals surface area (Å²) in [5.41, 5.74) is 2.08. The number of piperidine rings is 1. The molecule has 146 valence electrons. The molecule has 0 spiro atoms. The SMILES string of the molecule is COc1ccc(NC(=O)C2c3ccccc3C(=O)N3CCCCC23)cc1OC. The third kappa shape index (κ3) is 3.09. The van der Waals surface area contributed by atoms with Crippen molar-refractivity contribution < 1.29 is 19.1 Å². The minimum atomic E-state index is -0.387. The Morgan fingerprint density at radius 3 is 2.64 bits per heavy atom. The molecule has 6 heteroatoms. The number of fused-ring (bicyclic) bond motifs is 2. The number of carbonyl (C=O) groups excluding carboxylic acids is 2. The number of nitrogens with one attached hydrogen (secondary N) is 1. The minimum absolute atomic E-state index is 0.0375.